The summed E-state index contributed by atoms with van der Waals surface area (Å²) in [6.45, 7) is 3.42. The minimum Gasteiger partial charge on any atom is -0.397 e. The summed E-state index contributed by atoms with van der Waals surface area (Å²) in [6, 6.07) is 5.60. The first-order valence-electron chi connectivity index (χ1n) is 6.71. The minimum atomic E-state index is -4.26. The number of aromatic nitrogens is 1. The Morgan fingerprint density at radius 3 is 2.38 bits per heavy atom. The van der Waals surface area contributed by atoms with Crippen LogP contribution in [0.1, 0.15) is 19.0 Å². The third kappa shape index (κ3) is 4.85. The van der Waals surface area contributed by atoms with Crippen LogP contribution in [-0.4, -0.2) is 45.6 Å². The molecule has 0 aromatic carbocycles. The van der Waals surface area contributed by atoms with Gasteiger partial charge in [0.05, 0.1) is 0 Å². The summed E-state index contributed by atoms with van der Waals surface area (Å²) in [4.78, 5) is 3.17. The molecule has 1 rings (SSSR count). The van der Waals surface area contributed by atoms with Gasteiger partial charge in [-0.05, 0) is 37.4 Å². The van der Waals surface area contributed by atoms with Crippen LogP contribution in [0, 0.1) is 5.92 Å². The van der Waals surface area contributed by atoms with Crippen LogP contribution in [0.15, 0.2) is 24.4 Å². The Bertz CT molecular complexity index is 533. The highest BCUT2D eigenvalue weighted by Crippen LogP contribution is 2.27. The largest absolute Gasteiger partial charge is 0.397 e. The van der Waals surface area contributed by atoms with Crippen LogP contribution in [0.2, 0.25) is 6.55 Å². The maximum absolute atomic E-state index is 11.8. The van der Waals surface area contributed by atoms with Gasteiger partial charge < -0.3 is 8.85 Å². The third-order valence-electron chi connectivity index (χ3n) is 3.75. The van der Waals surface area contributed by atoms with Gasteiger partial charge in [0, 0.05) is 26.1 Å². The molecule has 0 fully saturated rings. The summed E-state index contributed by atoms with van der Waals surface area (Å²) < 4.78 is 43.7. The van der Waals surface area contributed by atoms with Gasteiger partial charge >= 0.3 is 8.56 Å². The van der Waals surface area contributed by atoms with Crippen molar-refractivity contribution in [2.45, 2.75) is 31.2 Å². The Balaban J connectivity index is 2.89. The molecule has 1 aromatic heterocycles. The zero-order chi connectivity index (χ0) is 16.1. The van der Waals surface area contributed by atoms with Crippen molar-refractivity contribution in [3.8, 4) is 0 Å². The number of pyridine rings is 1. The molecule has 0 aliphatic heterocycles. The zero-order valence-electron chi connectivity index (χ0n) is 12.8. The van der Waals surface area contributed by atoms with Gasteiger partial charge in [0.1, 0.15) is 4.87 Å². The van der Waals surface area contributed by atoms with Crippen molar-refractivity contribution >= 4 is 18.7 Å². The molecule has 0 aliphatic carbocycles. The summed E-state index contributed by atoms with van der Waals surface area (Å²) in [6.07, 6.45) is 2.89. The Labute approximate surface area is 127 Å². The standard InChI is InChI=1S/C13H23NO5SSi/c1-11(8-9-12-7-5-6-10-14-12)13(20(15,16)17)21(4,18-2)19-3/h5-7,10-11,13H,8-9H2,1-4H3,(H,15,16,17). The van der Waals surface area contributed by atoms with Crippen molar-refractivity contribution in [1.29, 1.82) is 0 Å². The van der Waals surface area contributed by atoms with Crippen LogP contribution in [0.25, 0.3) is 0 Å². The van der Waals surface area contributed by atoms with E-state index in [4.69, 9.17) is 8.85 Å². The molecule has 1 aromatic rings. The highest BCUT2D eigenvalue weighted by atomic mass is 32.2. The van der Waals surface area contributed by atoms with Gasteiger partial charge in [0.15, 0.2) is 0 Å². The van der Waals surface area contributed by atoms with Crippen molar-refractivity contribution in [3.05, 3.63) is 30.1 Å². The molecule has 0 radical (unpaired) electrons. The second-order valence-corrected chi connectivity index (χ2v) is 10.6. The fourth-order valence-electron chi connectivity index (χ4n) is 2.47. The Morgan fingerprint density at radius 2 is 1.95 bits per heavy atom. The van der Waals surface area contributed by atoms with Gasteiger partial charge in [-0.3, -0.25) is 9.54 Å². The van der Waals surface area contributed by atoms with E-state index < -0.39 is 23.6 Å². The first-order valence-corrected chi connectivity index (χ1v) is 10.6. The van der Waals surface area contributed by atoms with Crippen LogP contribution in [0.5, 0.6) is 0 Å². The second kappa shape index (κ2) is 7.46. The topological polar surface area (TPSA) is 85.7 Å². The highest BCUT2D eigenvalue weighted by molar-refractivity contribution is 7.88. The predicted molar refractivity (Wildman–Crippen MR) is 82.7 cm³/mol. The molecule has 120 valence electrons. The van der Waals surface area contributed by atoms with Gasteiger partial charge in [0.25, 0.3) is 10.1 Å². The molecule has 2 unspecified atom stereocenters. The predicted octanol–water partition coefficient (Wildman–Crippen LogP) is 1.81. The lowest BCUT2D eigenvalue weighted by Crippen LogP contribution is -2.56. The summed E-state index contributed by atoms with van der Waals surface area (Å²) in [7, 11) is -4.45. The Hall–Kier alpha value is -0.803. The lowest BCUT2D eigenvalue weighted by atomic mass is 10.1. The molecule has 21 heavy (non-hydrogen) atoms. The molecule has 0 saturated carbocycles. The zero-order valence-corrected chi connectivity index (χ0v) is 14.6. The van der Waals surface area contributed by atoms with E-state index in [2.05, 4.69) is 4.98 Å². The second-order valence-electron chi connectivity index (χ2n) is 5.20. The van der Waals surface area contributed by atoms with Gasteiger partial charge in [-0.25, -0.2) is 0 Å². The molecule has 1 N–H and O–H groups in total. The molecule has 1 heterocycles. The molecule has 0 spiro atoms. The van der Waals surface area contributed by atoms with Gasteiger partial charge in [-0.1, -0.05) is 13.0 Å². The van der Waals surface area contributed by atoms with E-state index >= 15 is 0 Å². The first-order chi connectivity index (χ1) is 9.74. The average molecular weight is 333 g/mol. The minimum absolute atomic E-state index is 0.307. The first kappa shape index (κ1) is 18.2. The molecule has 0 saturated heterocycles. The van der Waals surface area contributed by atoms with E-state index in [9.17, 15) is 13.0 Å². The van der Waals surface area contributed by atoms with E-state index in [1.54, 1.807) is 19.7 Å². The maximum Gasteiger partial charge on any atom is 0.355 e. The van der Waals surface area contributed by atoms with E-state index in [-0.39, 0.29) is 5.92 Å². The van der Waals surface area contributed by atoms with Crippen LogP contribution in [0.4, 0.5) is 0 Å². The summed E-state index contributed by atoms with van der Waals surface area (Å²) >= 11 is 0. The molecule has 6 nitrogen and oxygen atoms in total. The van der Waals surface area contributed by atoms with Crippen LogP contribution in [-0.2, 0) is 25.4 Å². The Kier molecular flexibility index (Phi) is 6.48. The number of hydrogen-bond donors (Lipinski definition) is 1. The molecule has 0 aliphatic rings. The summed E-state index contributed by atoms with van der Waals surface area (Å²) in [5.41, 5.74) is 0.886. The smallest absolute Gasteiger partial charge is 0.355 e. The normalized spacial score (nSPS) is 15.7. The highest BCUT2D eigenvalue weighted by Gasteiger charge is 2.50. The SMILES string of the molecule is CO[Si](C)(OC)C(C(C)CCc1ccccn1)S(=O)(=O)O. The maximum atomic E-state index is 11.8. The van der Waals surface area contributed by atoms with Crippen molar-refractivity contribution in [1.82, 2.24) is 4.98 Å². The van der Waals surface area contributed by atoms with E-state index in [0.717, 1.165) is 5.69 Å². The fraction of sp³-hybridized carbons (Fsp3) is 0.615. The third-order valence-corrected chi connectivity index (χ3v) is 10.3. The molecular weight excluding hydrogens is 310 g/mol. The van der Waals surface area contributed by atoms with Crippen LogP contribution in [0.3, 0.4) is 0 Å². The number of hydrogen-bond acceptors (Lipinski definition) is 5. The lowest BCUT2D eigenvalue weighted by Gasteiger charge is -2.33. The lowest BCUT2D eigenvalue weighted by molar-refractivity contribution is 0.234. The van der Waals surface area contributed by atoms with Crippen molar-refractivity contribution < 1.29 is 21.8 Å². The van der Waals surface area contributed by atoms with Crippen molar-refractivity contribution in [3.63, 3.8) is 0 Å². The number of aryl methyl sites for hydroxylation is 1. The number of nitrogens with zero attached hydrogens (tertiary/aromatic N) is 1. The average Bonchev–Trinajstić information content (AvgIpc) is 2.44. The van der Waals surface area contributed by atoms with Gasteiger partial charge in [0.2, 0.25) is 0 Å². The summed E-state index contributed by atoms with van der Waals surface area (Å²) in [5.74, 6) is -0.307. The molecule has 8 heteroatoms. The monoisotopic (exact) mass is 333 g/mol. The molecular formula is C13H23NO5SSi. The van der Waals surface area contributed by atoms with E-state index in [0.29, 0.717) is 12.8 Å². The van der Waals surface area contributed by atoms with Crippen LogP contribution < -0.4 is 0 Å². The molecule has 0 bridgehead atoms. The van der Waals surface area contributed by atoms with Gasteiger partial charge in [-0.15, -0.1) is 0 Å². The Morgan fingerprint density at radius 1 is 1.33 bits per heavy atom. The summed E-state index contributed by atoms with van der Waals surface area (Å²) in [5, 5.41) is 0. The van der Waals surface area contributed by atoms with E-state index in [1.165, 1.54) is 14.2 Å². The van der Waals surface area contributed by atoms with Crippen LogP contribution >= 0.6 is 0 Å². The number of rotatable bonds is 8. The van der Waals surface area contributed by atoms with Crippen molar-refractivity contribution in [2.24, 2.45) is 5.92 Å². The van der Waals surface area contributed by atoms with E-state index in [1.807, 2.05) is 18.2 Å². The van der Waals surface area contributed by atoms with Crippen molar-refractivity contribution in [2.75, 3.05) is 14.2 Å². The quantitative estimate of drug-likeness (QED) is 0.577. The fourth-order valence-corrected chi connectivity index (χ4v) is 7.77. The molecule has 2 atom stereocenters. The molecule has 0 amide bonds. The van der Waals surface area contributed by atoms with Gasteiger partial charge in [-0.2, -0.15) is 8.42 Å².